The lowest BCUT2D eigenvalue weighted by Gasteiger charge is -2.04. The first-order valence-corrected chi connectivity index (χ1v) is 5.87. The van der Waals surface area contributed by atoms with Crippen molar-refractivity contribution in [1.82, 2.24) is 0 Å². The van der Waals surface area contributed by atoms with Crippen LogP contribution in [0.25, 0.3) is 0 Å². The van der Waals surface area contributed by atoms with E-state index in [0.29, 0.717) is 12.8 Å². The van der Waals surface area contributed by atoms with E-state index in [-0.39, 0.29) is 11.1 Å². The Balaban J connectivity index is 0. The molecule has 6 nitrogen and oxygen atoms in total. The van der Waals surface area contributed by atoms with Gasteiger partial charge in [-0.1, -0.05) is 20.4 Å². The summed E-state index contributed by atoms with van der Waals surface area (Å²) in [6, 6.07) is 0. The molecule has 0 amide bonds. The van der Waals surface area contributed by atoms with Gasteiger partial charge in [0.1, 0.15) is 0 Å². The van der Waals surface area contributed by atoms with E-state index in [0.717, 1.165) is 0 Å². The Bertz CT molecular complexity index is 345. The maximum absolute atomic E-state index is 10.2. The van der Waals surface area contributed by atoms with Crippen molar-refractivity contribution in [2.24, 2.45) is 0 Å². The summed E-state index contributed by atoms with van der Waals surface area (Å²) in [7, 11) is 0. The monoisotopic (exact) mass is 274 g/mol. The van der Waals surface area contributed by atoms with Crippen LogP contribution in [0.5, 0.6) is 0 Å². The van der Waals surface area contributed by atoms with Crippen molar-refractivity contribution in [3.63, 3.8) is 0 Å². The molecule has 0 radical (unpaired) electrons. The predicted octanol–water partition coefficient (Wildman–Crippen LogP) is 1.19. The van der Waals surface area contributed by atoms with Gasteiger partial charge in [0.05, 0.1) is 17.8 Å². The van der Waals surface area contributed by atoms with Gasteiger partial charge < -0.3 is 20.4 Å². The number of hydrogen-bond donors (Lipinski definition) is 4. The average molecular weight is 274 g/mol. The zero-order valence-corrected chi connectivity index (χ0v) is 11.5. The molecule has 0 heterocycles. The van der Waals surface area contributed by atoms with Crippen LogP contribution in [0.4, 0.5) is 0 Å². The van der Waals surface area contributed by atoms with Gasteiger partial charge in [0.15, 0.2) is 0 Å². The average Bonchev–Trinajstić information content (AvgIpc) is 2.36. The van der Waals surface area contributed by atoms with Gasteiger partial charge >= 0.3 is 11.9 Å². The third kappa shape index (κ3) is 9.99. The van der Waals surface area contributed by atoms with E-state index in [9.17, 15) is 9.59 Å². The largest absolute Gasteiger partial charge is 0.478 e. The number of aliphatic hydroxyl groups excluding tert-OH is 2. The van der Waals surface area contributed by atoms with Crippen molar-refractivity contribution >= 4 is 11.9 Å². The zero-order valence-electron chi connectivity index (χ0n) is 11.5. The molecule has 0 fully saturated rings. The number of hydrogen-bond acceptors (Lipinski definition) is 4. The van der Waals surface area contributed by atoms with Crippen LogP contribution in [0.2, 0.25) is 0 Å². The number of aliphatic hydroxyl groups is 2. The second kappa shape index (κ2) is 10.3. The molecule has 19 heavy (non-hydrogen) atoms. The van der Waals surface area contributed by atoms with Gasteiger partial charge in [-0.25, -0.2) is 9.59 Å². The number of carbonyl (C=O) groups is 2. The molecule has 2 atom stereocenters. The van der Waals surface area contributed by atoms with Crippen LogP contribution >= 0.6 is 0 Å². The molecule has 6 heteroatoms. The molecule has 0 aromatic carbocycles. The molecule has 0 spiro atoms. The SMILES string of the molecule is C=C(C(=O)O)C(O)CC.CCC(O)C=C(C)C(=O)O. The van der Waals surface area contributed by atoms with Gasteiger partial charge in [-0.15, -0.1) is 0 Å². The Morgan fingerprint density at radius 1 is 1.11 bits per heavy atom. The lowest BCUT2D eigenvalue weighted by atomic mass is 10.1. The van der Waals surface area contributed by atoms with Crippen molar-refractivity contribution in [1.29, 1.82) is 0 Å². The van der Waals surface area contributed by atoms with Gasteiger partial charge in [-0.2, -0.15) is 0 Å². The summed E-state index contributed by atoms with van der Waals surface area (Å²) in [5, 5.41) is 34.3. The van der Waals surface area contributed by atoms with Gasteiger partial charge in [0.25, 0.3) is 0 Å². The minimum absolute atomic E-state index is 0.141. The highest BCUT2D eigenvalue weighted by Gasteiger charge is 2.11. The van der Waals surface area contributed by atoms with E-state index in [1.54, 1.807) is 13.8 Å². The summed E-state index contributed by atoms with van der Waals surface area (Å²) < 4.78 is 0. The van der Waals surface area contributed by atoms with E-state index in [1.807, 2.05) is 0 Å². The topological polar surface area (TPSA) is 115 Å². The van der Waals surface area contributed by atoms with Crippen LogP contribution in [0.1, 0.15) is 33.6 Å². The summed E-state index contributed by atoms with van der Waals surface area (Å²) in [6.07, 6.45) is 0.747. The summed E-state index contributed by atoms with van der Waals surface area (Å²) in [6.45, 7) is 8.12. The third-order valence-electron chi connectivity index (χ3n) is 2.26. The van der Waals surface area contributed by atoms with Crippen molar-refractivity contribution in [3.05, 3.63) is 23.8 Å². The van der Waals surface area contributed by atoms with E-state index in [1.165, 1.54) is 13.0 Å². The highest BCUT2D eigenvalue weighted by molar-refractivity contribution is 5.86. The summed E-state index contributed by atoms with van der Waals surface area (Å²) in [5.74, 6) is -2.11. The molecule has 0 bridgehead atoms. The molecule has 2 unspecified atom stereocenters. The van der Waals surface area contributed by atoms with Gasteiger partial charge in [-0.3, -0.25) is 0 Å². The van der Waals surface area contributed by atoms with Crippen LogP contribution in [0.15, 0.2) is 23.8 Å². The fraction of sp³-hybridized carbons (Fsp3) is 0.538. The normalized spacial score (nSPS) is 13.8. The quantitative estimate of drug-likeness (QED) is 0.541. The first kappa shape index (κ1) is 19.7. The Labute approximate surface area is 112 Å². The molecular weight excluding hydrogens is 252 g/mol. The molecule has 110 valence electrons. The maximum Gasteiger partial charge on any atom is 0.333 e. The smallest absolute Gasteiger partial charge is 0.333 e. The first-order valence-electron chi connectivity index (χ1n) is 5.87. The fourth-order valence-electron chi connectivity index (χ4n) is 0.867. The molecule has 0 aliphatic rings. The number of carboxylic acid groups (broad SMARTS) is 2. The second-order valence-corrected chi connectivity index (χ2v) is 3.88. The Hall–Kier alpha value is -1.66. The molecule has 0 saturated carbocycles. The summed E-state index contributed by atoms with van der Waals surface area (Å²) >= 11 is 0. The fourth-order valence-corrected chi connectivity index (χ4v) is 0.867. The van der Waals surface area contributed by atoms with Crippen LogP contribution in [0, 0.1) is 0 Å². The van der Waals surface area contributed by atoms with Gasteiger partial charge in [0, 0.05) is 5.57 Å². The van der Waals surface area contributed by atoms with E-state index < -0.39 is 24.1 Å². The Kier molecular flexibility index (Phi) is 10.6. The maximum atomic E-state index is 10.2. The van der Waals surface area contributed by atoms with Gasteiger partial charge in [-0.05, 0) is 25.8 Å². The standard InChI is InChI=1S/C7H12O3.C6H10O3/c1-3-6(8)4-5(2)7(9)10;1-3-5(7)4(2)6(8)9/h4,6,8H,3H2,1-2H3,(H,9,10);5,7H,2-3H2,1H3,(H,8,9). The molecule has 0 rings (SSSR count). The van der Waals surface area contributed by atoms with Crippen LogP contribution in [0.3, 0.4) is 0 Å². The Morgan fingerprint density at radius 3 is 1.79 bits per heavy atom. The zero-order chi connectivity index (χ0) is 15.6. The lowest BCUT2D eigenvalue weighted by Crippen LogP contribution is -2.15. The molecular formula is C13H22O6. The van der Waals surface area contributed by atoms with E-state index in [2.05, 4.69) is 6.58 Å². The first-order chi connectivity index (χ1) is 8.67. The van der Waals surface area contributed by atoms with Crippen molar-refractivity contribution in [2.75, 3.05) is 0 Å². The van der Waals surface area contributed by atoms with Crippen LogP contribution < -0.4 is 0 Å². The predicted molar refractivity (Wildman–Crippen MR) is 70.8 cm³/mol. The highest BCUT2D eigenvalue weighted by atomic mass is 16.4. The number of carboxylic acids is 2. The third-order valence-corrected chi connectivity index (χ3v) is 2.26. The minimum atomic E-state index is -1.13. The Morgan fingerprint density at radius 2 is 1.58 bits per heavy atom. The van der Waals surface area contributed by atoms with Crippen LogP contribution in [-0.4, -0.2) is 44.6 Å². The minimum Gasteiger partial charge on any atom is -0.478 e. The highest BCUT2D eigenvalue weighted by Crippen LogP contribution is 2.02. The van der Waals surface area contributed by atoms with Crippen molar-refractivity contribution in [3.8, 4) is 0 Å². The summed E-state index contributed by atoms with van der Waals surface area (Å²) in [4.78, 5) is 20.2. The van der Waals surface area contributed by atoms with E-state index in [4.69, 9.17) is 20.4 Å². The second-order valence-electron chi connectivity index (χ2n) is 3.88. The molecule has 4 N–H and O–H groups in total. The van der Waals surface area contributed by atoms with Crippen LogP contribution in [-0.2, 0) is 9.59 Å². The molecule has 0 aliphatic heterocycles. The van der Waals surface area contributed by atoms with Crippen molar-refractivity contribution in [2.45, 2.75) is 45.8 Å². The molecule has 0 aromatic heterocycles. The molecule has 0 aromatic rings. The summed E-state index contributed by atoms with van der Waals surface area (Å²) in [5.41, 5.74) is 0.0480. The molecule has 0 saturated heterocycles. The van der Waals surface area contributed by atoms with Gasteiger partial charge in [0.2, 0.25) is 0 Å². The van der Waals surface area contributed by atoms with Crippen molar-refractivity contribution < 1.29 is 30.0 Å². The van der Waals surface area contributed by atoms with E-state index >= 15 is 0 Å². The number of rotatable bonds is 6. The molecule has 0 aliphatic carbocycles. The number of aliphatic carboxylic acids is 2. The lowest BCUT2D eigenvalue weighted by molar-refractivity contribution is -0.134.